The van der Waals surface area contributed by atoms with Gasteiger partial charge in [-0.25, -0.2) is 9.59 Å². The number of aromatic nitrogens is 1. The number of carbonyl (C=O) groups is 2. The third-order valence-corrected chi connectivity index (χ3v) is 5.23. The maximum Gasteiger partial charge on any atom is 0.407 e. The van der Waals surface area contributed by atoms with Crippen LogP contribution in [0.25, 0.3) is 11.1 Å². The lowest BCUT2D eigenvalue weighted by Gasteiger charge is -2.22. The van der Waals surface area contributed by atoms with Crippen LogP contribution in [0.4, 0.5) is 4.79 Å². The molecule has 0 bridgehead atoms. The fourth-order valence-corrected chi connectivity index (χ4v) is 3.81. The molecule has 3 aromatic rings. The molecule has 7 nitrogen and oxygen atoms in total. The van der Waals surface area contributed by atoms with Crippen LogP contribution in [0.5, 0.6) is 0 Å². The molecule has 0 radical (unpaired) electrons. The number of nitrogens with zero attached hydrogens (tertiary/aromatic N) is 1. The number of amides is 1. The Morgan fingerprint density at radius 1 is 1.00 bits per heavy atom. The van der Waals surface area contributed by atoms with Crippen LogP contribution in [-0.2, 0) is 9.53 Å². The van der Waals surface area contributed by atoms with Crippen LogP contribution in [0.15, 0.2) is 73.1 Å². The van der Waals surface area contributed by atoms with Gasteiger partial charge in [0.05, 0.1) is 6.04 Å². The summed E-state index contributed by atoms with van der Waals surface area (Å²) in [6.07, 6.45) is 0.252. The largest absolute Gasteiger partial charge is 0.479 e. The van der Waals surface area contributed by atoms with Crippen molar-refractivity contribution in [3.8, 4) is 11.1 Å². The SMILES string of the molecule is O=C(NC(c1cccnc1)C(O)C(=O)O)OCC1c2ccccc2-c2ccccc21. The Labute approximate surface area is 173 Å². The molecule has 0 aliphatic heterocycles. The number of ether oxygens (including phenoxy) is 1. The lowest BCUT2D eigenvalue weighted by Crippen LogP contribution is -2.40. The molecule has 1 aromatic heterocycles. The summed E-state index contributed by atoms with van der Waals surface area (Å²) in [4.78, 5) is 27.7. The highest BCUT2D eigenvalue weighted by molar-refractivity contribution is 5.79. The average Bonchev–Trinajstić information content (AvgIpc) is 3.10. The van der Waals surface area contributed by atoms with Gasteiger partial charge in [0.1, 0.15) is 6.61 Å². The first-order valence-corrected chi connectivity index (χ1v) is 9.48. The van der Waals surface area contributed by atoms with Gasteiger partial charge in [-0.15, -0.1) is 0 Å². The summed E-state index contributed by atoms with van der Waals surface area (Å²) in [7, 11) is 0. The second-order valence-electron chi connectivity index (χ2n) is 7.02. The molecule has 2 aromatic carbocycles. The number of carbonyl (C=O) groups excluding carboxylic acids is 1. The number of aliphatic hydroxyl groups is 1. The minimum atomic E-state index is -1.84. The van der Waals surface area contributed by atoms with Crippen LogP contribution in [0.3, 0.4) is 0 Å². The van der Waals surface area contributed by atoms with Gasteiger partial charge in [0, 0.05) is 18.3 Å². The van der Waals surface area contributed by atoms with E-state index in [1.807, 2.05) is 48.5 Å². The van der Waals surface area contributed by atoms with Crippen molar-refractivity contribution in [1.29, 1.82) is 0 Å². The molecule has 0 fully saturated rings. The zero-order chi connectivity index (χ0) is 21.1. The number of fused-ring (bicyclic) bond motifs is 3. The molecule has 3 N–H and O–H groups in total. The predicted molar refractivity (Wildman–Crippen MR) is 109 cm³/mol. The van der Waals surface area contributed by atoms with Crippen molar-refractivity contribution >= 4 is 12.1 Å². The topological polar surface area (TPSA) is 109 Å². The normalized spacial score (nSPS) is 14.3. The third kappa shape index (κ3) is 3.75. The summed E-state index contributed by atoms with van der Waals surface area (Å²) in [6, 6.07) is 17.9. The highest BCUT2D eigenvalue weighted by Gasteiger charge is 2.32. The Morgan fingerprint density at radius 3 is 2.20 bits per heavy atom. The van der Waals surface area contributed by atoms with E-state index in [1.165, 1.54) is 12.4 Å². The van der Waals surface area contributed by atoms with E-state index in [2.05, 4.69) is 10.3 Å². The minimum absolute atomic E-state index is 0.0861. The number of hydrogen-bond donors (Lipinski definition) is 3. The summed E-state index contributed by atoms with van der Waals surface area (Å²) in [5.74, 6) is -1.58. The van der Waals surface area contributed by atoms with E-state index >= 15 is 0 Å². The second kappa shape index (κ2) is 8.34. The summed E-state index contributed by atoms with van der Waals surface area (Å²) in [5, 5.41) is 21.7. The molecular formula is C23H20N2O5. The quantitative estimate of drug-likeness (QED) is 0.583. The zero-order valence-corrected chi connectivity index (χ0v) is 15.9. The molecule has 1 amide bonds. The standard InChI is InChI=1S/C23H20N2O5/c26-21(22(27)28)20(14-6-5-11-24-12-14)25-23(29)30-13-19-17-9-3-1-7-15(17)16-8-2-4-10-18(16)19/h1-12,19-21,26H,13H2,(H,25,29)(H,27,28). The lowest BCUT2D eigenvalue weighted by molar-refractivity contribution is -0.148. The Morgan fingerprint density at radius 2 is 1.63 bits per heavy atom. The lowest BCUT2D eigenvalue weighted by atomic mass is 9.98. The number of nitrogens with one attached hydrogen (secondary N) is 1. The maximum atomic E-state index is 12.5. The number of carboxylic acid groups (broad SMARTS) is 1. The predicted octanol–water partition coefficient (Wildman–Crippen LogP) is 3.11. The molecule has 1 aliphatic carbocycles. The molecule has 4 rings (SSSR count). The number of benzene rings is 2. The van der Waals surface area contributed by atoms with Crippen LogP contribution in [0.2, 0.25) is 0 Å². The van der Waals surface area contributed by atoms with Gasteiger partial charge in [-0.3, -0.25) is 4.98 Å². The van der Waals surface area contributed by atoms with E-state index in [9.17, 15) is 19.8 Å². The molecule has 0 saturated carbocycles. The van der Waals surface area contributed by atoms with Crippen LogP contribution in [0.1, 0.15) is 28.7 Å². The number of carboxylic acids is 1. The van der Waals surface area contributed by atoms with E-state index in [4.69, 9.17) is 4.74 Å². The van der Waals surface area contributed by atoms with E-state index in [0.717, 1.165) is 22.3 Å². The Bertz CT molecular complexity index is 1020. The van der Waals surface area contributed by atoms with Crippen molar-refractivity contribution in [3.63, 3.8) is 0 Å². The van der Waals surface area contributed by atoms with Gasteiger partial charge in [-0.05, 0) is 33.9 Å². The zero-order valence-electron chi connectivity index (χ0n) is 15.9. The van der Waals surface area contributed by atoms with Crippen LogP contribution in [0, 0.1) is 0 Å². The molecular weight excluding hydrogens is 384 g/mol. The van der Waals surface area contributed by atoms with Gasteiger partial charge < -0.3 is 20.3 Å². The van der Waals surface area contributed by atoms with Crippen molar-refractivity contribution in [2.75, 3.05) is 6.61 Å². The summed E-state index contributed by atoms with van der Waals surface area (Å²) in [5.41, 5.74) is 4.72. The molecule has 1 aliphatic rings. The molecule has 1 heterocycles. The van der Waals surface area contributed by atoms with Gasteiger partial charge >= 0.3 is 12.1 Å². The van der Waals surface area contributed by atoms with Gasteiger partial charge in [-0.1, -0.05) is 54.6 Å². The maximum absolute atomic E-state index is 12.5. The minimum Gasteiger partial charge on any atom is -0.479 e. The highest BCUT2D eigenvalue weighted by atomic mass is 16.5. The highest BCUT2D eigenvalue weighted by Crippen LogP contribution is 2.44. The number of pyridine rings is 1. The summed E-state index contributed by atoms with van der Waals surface area (Å²) >= 11 is 0. The van der Waals surface area contributed by atoms with Gasteiger partial charge in [0.2, 0.25) is 0 Å². The molecule has 152 valence electrons. The smallest absolute Gasteiger partial charge is 0.407 e. The van der Waals surface area contributed by atoms with E-state index in [-0.39, 0.29) is 12.5 Å². The Hall–Kier alpha value is -3.71. The van der Waals surface area contributed by atoms with Crippen LogP contribution < -0.4 is 5.32 Å². The number of alkyl carbamates (subject to hydrolysis) is 1. The van der Waals surface area contributed by atoms with Crippen LogP contribution in [-0.4, -0.2) is 40.0 Å². The molecule has 2 unspecified atom stereocenters. The van der Waals surface area contributed by atoms with E-state index < -0.39 is 24.2 Å². The number of aliphatic hydroxyl groups excluding tert-OH is 1. The fraction of sp³-hybridized carbons (Fsp3) is 0.174. The van der Waals surface area contributed by atoms with Gasteiger partial charge in [-0.2, -0.15) is 0 Å². The average molecular weight is 404 g/mol. The molecule has 7 heteroatoms. The monoisotopic (exact) mass is 404 g/mol. The second-order valence-corrected chi connectivity index (χ2v) is 7.02. The molecule has 0 saturated heterocycles. The number of rotatable bonds is 6. The van der Waals surface area contributed by atoms with Gasteiger partial charge in [0.25, 0.3) is 0 Å². The number of hydrogen-bond acceptors (Lipinski definition) is 5. The van der Waals surface area contributed by atoms with Crippen molar-refractivity contribution < 1.29 is 24.5 Å². The Kier molecular flexibility index (Phi) is 5.45. The molecule has 30 heavy (non-hydrogen) atoms. The van der Waals surface area contributed by atoms with Crippen LogP contribution >= 0.6 is 0 Å². The first kappa shape index (κ1) is 19.6. The van der Waals surface area contributed by atoms with E-state index in [1.54, 1.807) is 12.1 Å². The van der Waals surface area contributed by atoms with Crippen molar-refractivity contribution in [1.82, 2.24) is 10.3 Å². The van der Waals surface area contributed by atoms with E-state index in [0.29, 0.717) is 5.56 Å². The third-order valence-electron chi connectivity index (χ3n) is 5.23. The van der Waals surface area contributed by atoms with Crippen molar-refractivity contribution in [2.24, 2.45) is 0 Å². The molecule has 0 spiro atoms. The first-order chi connectivity index (χ1) is 14.6. The first-order valence-electron chi connectivity index (χ1n) is 9.48. The van der Waals surface area contributed by atoms with Gasteiger partial charge in [0.15, 0.2) is 6.10 Å². The fourth-order valence-electron chi connectivity index (χ4n) is 3.81. The Balaban J connectivity index is 1.50. The number of aliphatic carboxylic acids is 1. The summed E-state index contributed by atoms with van der Waals surface area (Å²) < 4.78 is 5.45. The molecule has 2 atom stereocenters. The van der Waals surface area contributed by atoms with Crippen molar-refractivity contribution in [3.05, 3.63) is 89.7 Å². The summed E-state index contributed by atoms with van der Waals surface area (Å²) in [6.45, 7) is 0.0861. The van der Waals surface area contributed by atoms with Crippen molar-refractivity contribution in [2.45, 2.75) is 18.1 Å².